The Hall–Kier alpha value is -4.20. The zero-order valence-corrected chi connectivity index (χ0v) is 25.4. The Balaban J connectivity index is 1.69. The second-order valence-electron chi connectivity index (χ2n) is 10.8. The van der Waals surface area contributed by atoms with Crippen molar-refractivity contribution in [3.8, 4) is 34.5 Å². The average molecular weight is 622 g/mol. The van der Waals surface area contributed by atoms with Crippen LogP contribution < -0.4 is 15.3 Å². The number of carbonyl (C=O) groups excluding carboxylic acids is 1. The highest BCUT2D eigenvalue weighted by Gasteiger charge is 2.37. The van der Waals surface area contributed by atoms with Crippen LogP contribution in [0.1, 0.15) is 37.9 Å². The average Bonchev–Trinajstić information content (AvgIpc) is 3.13. The molecule has 2 aliphatic rings. The Morgan fingerprint density at radius 2 is 1.98 bits per heavy atom. The van der Waals surface area contributed by atoms with Crippen molar-refractivity contribution in [2.75, 3.05) is 31.1 Å². The molecular weight excluding hydrogens is 594 g/mol. The maximum absolute atomic E-state index is 15.3. The van der Waals surface area contributed by atoms with Crippen molar-refractivity contribution in [2.24, 2.45) is 0 Å². The van der Waals surface area contributed by atoms with Crippen molar-refractivity contribution < 1.29 is 13.9 Å². The van der Waals surface area contributed by atoms with Gasteiger partial charge in [0.2, 0.25) is 0 Å². The van der Waals surface area contributed by atoms with Gasteiger partial charge in [0.15, 0.2) is 11.4 Å². The molecule has 0 bridgehead atoms. The molecule has 1 saturated heterocycles. The van der Waals surface area contributed by atoms with Crippen LogP contribution in [-0.2, 0) is 4.79 Å². The number of amides is 1. The van der Waals surface area contributed by atoms with Crippen molar-refractivity contribution in [3.05, 3.63) is 68.1 Å². The second kappa shape index (κ2) is 11.1. The fourth-order valence-corrected chi connectivity index (χ4v) is 6.26. The number of aromatic nitrogens is 4. The highest BCUT2D eigenvalue weighted by Crippen LogP contribution is 2.46. The van der Waals surface area contributed by atoms with Crippen LogP contribution in [0.4, 0.5) is 10.2 Å². The molecule has 0 aliphatic carbocycles. The number of aryl methyl sites for hydroxylation is 1. The Morgan fingerprint density at radius 1 is 1.19 bits per heavy atom. The molecule has 12 heteroatoms. The molecule has 0 spiro atoms. The predicted molar refractivity (Wildman–Crippen MR) is 164 cm³/mol. The number of hydrogen-bond acceptors (Lipinski definition) is 7. The number of nitrogens with zero attached hydrogens (tertiary/aromatic N) is 6. The number of carbonyl (C=O) groups is 1. The molecule has 3 aromatic heterocycles. The first-order valence-electron chi connectivity index (χ1n) is 13.8. The van der Waals surface area contributed by atoms with E-state index in [0.29, 0.717) is 42.2 Å². The van der Waals surface area contributed by atoms with E-state index >= 15 is 4.39 Å². The van der Waals surface area contributed by atoms with Crippen LogP contribution >= 0.6 is 23.2 Å². The number of halogens is 3. The van der Waals surface area contributed by atoms with Gasteiger partial charge in [0.25, 0.3) is 5.91 Å². The van der Waals surface area contributed by atoms with E-state index in [0.717, 1.165) is 5.56 Å². The first-order valence-corrected chi connectivity index (χ1v) is 14.6. The van der Waals surface area contributed by atoms with Crippen LogP contribution in [-0.4, -0.2) is 62.6 Å². The normalized spacial score (nSPS) is 16.0. The van der Waals surface area contributed by atoms with E-state index in [1.807, 2.05) is 25.7 Å². The molecule has 43 heavy (non-hydrogen) atoms. The summed E-state index contributed by atoms with van der Waals surface area (Å²) < 4.78 is 23.1. The van der Waals surface area contributed by atoms with E-state index in [-0.39, 0.29) is 57.2 Å². The van der Waals surface area contributed by atoms with Crippen molar-refractivity contribution in [1.29, 1.82) is 0 Å². The third-order valence-corrected chi connectivity index (χ3v) is 8.39. The molecule has 1 fully saturated rings. The van der Waals surface area contributed by atoms with Gasteiger partial charge in [-0.2, -0.15) is 4.98 Å². The van der Waals surface area contributed by atoms with Crippen molar-refractivity contribution in [1.82, 2.24) is 24.4 Å². The standard InChI is InChI=1S/C31H27Cl2FN6O3/c1-5-7-21(41)38-12-13-39-18(14-38)15-43-28-23-29(39)37-31(42)40(27-17(4)10-11-35-25(27)16(2)3)30(23)36-26(24(28)33)22-19(32)8-6-9-20(22)34/h6,8-11,16,18H,12-15H2,1-4H3. The van der Waals surface area contributed by atoms with Gasteiger partial charge in [0.05, 0.1) is 33.7 Å². The summed E-state index contributed by atoms with van der Waals surface area (Å²) in [5.41, 5.74) is 1.57. The first-order chi connectivity index (χ1) is 20.6. The lowest BCUT2D eigenvalue weighted by Crippen LogP contribution is -2.57. The number of hydrogen-bond donors (Lipinski definition) is 0. The number of anilines is 1. The number of fused-ring (bicyclic) bond motifs is 2. The van der Waals surface area contributed by atoms with E-state index in [1.165, 1.54) is 16.7 Å². The van der Waals surface area contributed by atoms with Gasteiger partial charge in [-0.05, 0) is 49.4 Å². The third-order valence-electron chi connectivity index (χ3n) is 7.72. The summed E-state index contributed by atoms with van der Waals surface area (Å²) >= 11 is 13.5. The zero-order chi connectivity index (χ0) is 30.6. The van der Waals surface area contributed by atoms with Crippen molar-refractivity contribution >= 4 is 46.0 Å². The summed E-state index contributed by atoms with van der Waals surface area (Å²) in [5.74, 6) is 4.80. The fraction of sp³-hybridized carbons (Fsp3) is 0.323. The fourth-order valence-electron chi connectivity index (χ4n) is 5.73. The van der Waals surface area contributed by atoms with Crippen LogP contribution in [0.2, 0.25) is 10.0 Å². The van der Waals surface area contributed by atoms with Crippen LogP contribution in [0.25, 0.3) is 28.0 Å². The maximum atomic E-state index is 15.3. The lowest BCUT2D eigenvalue weighted by molar-refractivity contribution is -0.126. The Labute approximate surface area is 257 Å². The second-order valence-corrected chi connectivity index (χ2v) is 11.5. The summed E-state index contributed by atoms with van der Waals surface area (Å²) in [6, 6.07) is 5.73. The van der Waals surface area contributed by atoms with E-state index in [4.69, 9.17) is 32.9 Å². The van der Waals surface area contributed by atoms with Gasteiger partial charge in [-0.3, -0.25) is 9.78 Å². The van der Waals surface area contributed by atoms with E-state index in [2.05, 4.69) is 21.8 Å². The van der Waals surface area contributed by atoms with Gasteiger partial charge in [-0.1, -0.05) is 49.0 Å². The van der Waals surface area contributed by atoms with Crippen molar-refractivity contribution in [3.63, 3.8) is 0 Å². The molecule has 1 atom stereocenters. The molecule has 2 aliphatic heterocycles. The molecule has 4 aromatic rings. The van der Waals surface area contributed by atoms with Crippen LogP contribution in [0.3, 0.4) is 0 Å². The molecule has 5 heterocycles. The van der Waals surface area contributed by atoms with E-state index in [9.17, 15) is 9.59 Å². The quantitative estimate of drug-likeness (QED) is 0.292. The zero-order valence-electron chi connectivity index (χ0n) is 23.9. The molecule has 9 nitrogen and oxygen atoms in total. The lowest BCUT2D eigenvalue weighted by Gasteiger charge is -2.40. The lowest BCUT2D eigenvalue weighted by atomic mass is 10.0. The number of ether oxygens (including phenoxy) is 1. The number of piperazine rings is 1. The van der Waals surface area contributed by atoms with Crippen molar-refractivity contribution in [2.45, 2.75) is 39.7 Å². The smallest absolute Gasteiger partial charge is 0.355 e. The van der Waals surface area contributed by atoms with Gasteiger partial charge in [-0.25, -0.2) is 18.7 Å². The molecular formula is C31H27Cl2FN6O3. The van der Waals surface area contributed by atoms with E-state index < -0.39 is 11.5 Å². The highest BCUT2D eigenvalue weighted by molar-refractivity contribution is 6.38. The third kappa shape index (κ3) is 4.77. The number of benzene rings is 1. The minimum atomic E-state index is -0.630. The minimum absolute atomic E-state index is 0.0165. The molecule has 220 valence electrons. The van der Waals surface area contributed by atoms with Gasteiger partial charge in [0, 0.05) is 25.8 Å². The van der Waals surface area contributed by atoms with Crippen LogP contribution in [0, 0.1) is 24.6 Å². The molecule has 6 rings (SSSR count). The summed E-state index contributed by atoms with van der Waals surface area (Å²) in [7, 11) is 0. The SMILES string of the molecule is CC#CC(=O)N1CCN2c3nc(=O)n(-c4c(C)ccnc4C(C)C)c4nc(-c5c(F)cccc5Cl)c(Cl)c(c34)OCC2C1. The first kappa shape index (κ1) is 28.9. The van der Waals surface area contributed by atoms with Gasteiger partial charge in [0.1, 0.15) is 28.7 Å². The van der Waals surface area contributed by atoms with Gasteiger partial charge in [-0.15, -0.1) is 0 Å². The summed E-state index contributed by atoms with van der Waals surface area (Å²) in [6.45, 7) is 8.59. The molecule has 1 unspecified atom stereocenters. The van der Waals surface area contributed by atoms with E-state index in [1.54, 1.807) is 30.2 Å². The Bertz CT molecular complexity index is 1910. The predicted octanol–water partition coefficient (Wildman–Crippen LogP) is 5.15. The molecule has 0 N–H and O–H groups in total. The Morgan fingerprint density at radius 3 is 2.70 bits per heavy atom. The molecule has 1 amide bonds. The molecule has 0 radical (unpaired) electrons. The summed E-state index contributed by atoms with van der Waals surface area (Å²) in [4.78, 5) is 44.3. The van der Waals surface area contributed by atoms with Gasteiger partial charge < -0.3 is 14.5 Å². The minimum Gasteiger partial charge on any atom is -0.489 e. The van der Waals surface area contributed by atoms with Gasteiger partial charge >= 0.3 is 5.69 Å². The molecule has 0 saturated carbocycles. The largest absolute Gasteiger partial charge is 0.489 e. The summed E-state index contributed by atoms with van der Waals surface area (Å²) in [5, 5.41) is 0.528. The summed E-state index contributed by atoms with van der Waals surface area (Å²) in [6.07, 6.45) is 1.69. The number of pyridine rings is 2. The Kier molecular flexibility index (Phi) is 7.48. The molecule has 1 aromatic carbocycles. The number of rotatable bonds is 3. The maximum Gasteiger partial charge on any atom is 0.355 e. The monoisotopic (exact) mass is 620 g/mol. The highest BCUT2D eigenvalue weighted by atomic mass is 35.5. The van der Waals surface area contributed by atoms with Crippen LogP contribution in [0.5, 0.6) is 5.75 Å². The topological polar surface area (TPSA) is 93.5 Å². The van der Waals surface area contributed by atoms with Crippen LogP contribution in [0.15, 0.2) is 35.3 Å².